The summed E-state index contributed by atoms with van der Waals surface area (Å²) < 4.78 is -0.165. The predicted molar refractivity (Wildman–Crippen MR) is 68.7 cm³/mol. The summed E-state index contributed by atoms with van der Waals surface area (Å²) >= 11 is 3.82. The first-order valence-electron chi connectivity index (χ1n) is 6.62. The molecule has 16 heavy (non-hydrogen) atoms. The van der Waals surface area contributed by atoms with E-state index < -0.39 is 0 Å². The van der Waals surface area contributed by atoms with Crippen LogP contribution in [-0.2, 0) is 4.79 Å². The normalized spacial score (nSPS) is 39.3. The van der Waals surface area contributed by atoms with Gasteiger partial charge in [0.15, 0.2) is 0 Å². The molecule has 3 aliphatic carbocycles. The minimum atomic E-state index is -0.165. The fourth-order valence-corrected chi connectivity index (χ4v) is 4.71. The predicted octanol–water partition coefficient (Wildman–Crippen LogP) is 4.15. The Labute approximate surface area is 106 Å². The quantitative estimate of drug-likeness (QED) is 0.482. The van der Waals surface area contributed by atoms with E-state index in [4.69, 9.17) is 0 Å². The summed E-state index contributed by atoms with van der Waals surface area (Å²) in [5, 5.41) is 0. The first kappa shape index (κ1) is 11.0. The first-order valence-corrected chi connectivity index (χ1v) is 7.41. The Morgan fingerprint density at radius 1 is 1.06 bits per heavy atom. The highest BCUT2D eigenvalue weighted by molar-refractivity contribution is 9.10. The molecule has 0 amide bonds. The van der Waals surface area contributed by atoms with Gasteiger partial charge in [-0.05, 0) is 57.3 Å². The summed E-state index contributed by atoms with van der Waals surface area (Å²) in [4.78, 5) is 12.2. The van der Waals surface area contributed by atoms with Gasteiger partial charge in [-0.3, -0.25) is 4.79 Å². The van der Waals surface area contributed by atoms with E-state index in [1.165, 1.54) is 38.5 Å². The zero-order valence-corrected chi connectivity index (χ0v) is 11.3. The number of halogens is 1. The lowest BCUT2D eigenvalue weighted by Gasteiger charge is -2.44. The summed E-state index contributed by atoms with van der Waals surface area (Å²) in [6, 6.07) is 0. The van der Waals surface area contributed by atoms with Crippen molar-refractivity contribution in [2.45, 2.75) is 62.1 Å². The van der Waals surface area contributed by atoms with Crippen molar-refractivity contribution in [2.75, 3.05) is 0 Å². The Morgan fingerprint density at radius 2 is 1.81 bits per heavy atom. The van der Waals surface area contributed by atoms with Crippen LogP contribution >= 0.6 is 15.9 Å². The Morgan fingerprint density at radius 3 is 2.62 bits per heavy atom. The molecule has 2 atom stereocenters. The van der Waals surface area contributed by atoms with Gasteiger partial charge in [0.2, 0.25) is 0 Å². The lowest BCUT2D eigenvalue weighted by Crippen LogP contribution is -2.46. The van der Waals surface area contributed by atoms with Gasteiger partial charge in [0.1, 0.15) is 5.78 Å². The summed E-state index contributed by atoms with van der Waals surface area (Å²) in [7, 11) is 0. The number of alkyl halides is 1. The van der Waals surface area contributed by atoms with Gasteiger partial charge < -0.3 is 0 Å². The smallest absolute Gasteiger partial charge is 0.150 e. The lowest BCUT2D eigenvalue weighted by molar-refractivity contribution is -0.124. The largest absolute Gasteiger partial charge is 0.298 e. The molecule has 0 aromatic heterocycles. The molecule has 0 saturated heterocycles. The van der Waals surface area contributed by atoms with Crippen LogP contribution in [0.5, 0.6) is 0 Å². The maximum Gasteiger partial charge on any atom is 0.150 e. The van der Waals surface area contributed by atoms with E-state index in [0.717, 1.165) is 19.3 Å². The zero-order chi connectivity index (χ0) is 11.2. The topological polar surface area (TPSA) is 17.1 Å². The number of carbonyl (C=O) groups is 1. The fraction of sp³-hybridized carbons (Fsp3) is 0.786. The zero-order valence-electron chi connectivity index (χ0n) is 9.73. The highest BCUT2D eigenvalue weighted by atomic mass is 79.9. The molecule has 3 rings (SSSR count). The number of carbonyl (C=O) groups excluding carboxylic acids is 1. The monoisotopic (exact) mass is 282 g/mol. The van der Waals surface area contributed by atoms with Crippen LogP contribution in [0, 0.1) is 5.92 Å². The molecule has 0 bridgehead atoms. The molecule has 88 valence electrons. The van der Waals surface area contributed by atoms with Crippen LogP contribution in [0.3, 0.4) is 0 Å². The van der Waals surface area contributed by atoms with Crippen molar-refractivity contribution in [3.05, 3.63) is 11.1 Å². The van der Waals surface area contributed by atoms with Gasteiger partial charge in [-0.1, -0.05) is 27.1 Å². The van der Waals surface area contributed by atoms with Crippen molar-refractivity contribution >= 4 is 21.7 Å². The van der Waals surface area contributed by atoms with Gasteiger partial charge in [0.25, 0.3) is 0 Å². The Bertz CT molecular complexity index is 358. The highest BCUT2D eigenvalue weighted by Gasteiger charge is 2.48. The lowest BCUT2D eigenvalue weighted by atomic mass is 9.65. The van der Waals surface area contributed by atoms with E-state index in [1.807, 2.05) is 0 Å². The van der Waals surface area contributed by atoms with Gasteiger partial charge in [0.05, 0.1) is 4.32 Å². The van der Waals surface area contributed by atoms with Crippen molar-refractivity contribution in [1.82, 2.24) is 0 Å². The second kappa shape index (κ2) is 3.97. The number of ketones is 1. The molecule has 0 N–H and O–H groups in total. The standard InChI is InChI=1S/C14H19BrO/c15-14-9-11-5-2-1-4-10(11)8-12(14)6-3-7-13(14)16/h12H,1-9H2/t12-,14-/m1/s1. The SMILES string of the molecule is O=C1CCC[C@@H]2CC3=C(CCCC3)C[C@]12Br. The molecule has 0 aromatic rings. The molecule has 1 fully saturated rings. The van der Waals surface area contributed by atoms with E-state index >= 15 is 0 Å². The van der Waals surface area contributed by atoms with Gasteiger partial charge in [0, 0.05) is 6.42 Å². The number of hydrogen-bond acceptors (Lipinski definition) is 1. The van der Waals surface area contributed by atoms with Gasteiger partial charge in [-0.2, -0.15) is 0 Å². The molecule has 1 nitrogen and oxygen atoms in total. The van der Waals surface area contributed by atoms with E-state index in [9.17, 15) is 4.79 Å². The van der Waals surface area contributed by atoms with Crippen LogP contribution < -0.4 is 0 Å². The Hall–Kier alpha value is -0.110. The van der Waals surface area contributed by atoms with Crippen molar-refractivity contribution in [3.63, 3.8) is 0 Å². The Kier molecular flexibility index (Phi) is 2.73. The van der Waals surface area contributed by atoms with Crippen LogP contribution in [0.1, 0.15) is 57.8 Å². The Balaban J connectivity index is 1.93. The molecule has 0 heterocycles. The number of allylic oxidation sites excluding steroid dienone is 2. The number of Topliss-reactive ketones (excluding diaryl/α,β-unsaturated/α-hetero) is 1. The molecular formula is C14H19BrO. The summed E-state index contributed by atoms with van der Waals surface area (Å²) in [6.07, 6.45) is 10.6. The molecule has 2 heteroatoms. The average molecular weight is 283 g/mol. The van der Waals surface area contributed by atoms with E-state index in [2.05, 4.69) is 15.9 Å². The van der Waals surface area contributed by atoms with Crippen LogP contribution in [0.2, 0.25) is 0 Å². The molecule has 0 unspecified atom stereocenters. The molecular weight excluding hydrogens is 264 g/mol. The average Bonchev–Trinajstić information content (AvgIpc) is 2.28. The number of rotatable bonds is 0. The molecule has 0 spiro atoms. The van der Waals surface area contributed by atoms with Crippen LogP contribution in [0.15, 0.2) is 11.1 Å². The number of hydrogen-bond donors (Lipinski definition) is 0. The van der Waals surface area contributed by atoms with Crippen LogP contribution in [0.4, 0.5) is 0 Å². The van der Waals surface area contributed by atoms with Crippen molar-refractivity contribution in [2.24, 2.45) is 5.92 Å². The second-order valence-corrected chi connectivity index (χ2v) is 7.08. The fourth-order valence-electron chi connectivity index (χ4n) is 3.78. The summed E-state index contributed by atoms with van der Waals surface area (Å²) in [5.41, 5.74) is 3.33. The first-order chi connectivity index (χ1) is 7.70. The molecule has 0 aromatic carbocycles. The third kappa shape index (κ3) is 1.61. The van der Waals surface area contributed by atoms with E-state index in [1.54, 1.807) is 11.1 Å². The summed E-state index contributed by atoms with van der Waals surface area (Å²) in [6.45, 7) is 0. The highest BCUT2D eigenvalue weighted by Crippen LogP contribution is 2.52. The minimum absolute atomic E-state index is 0.165. The van der Waals surface area contributed by atoms with Gasteiger partial charge >= 0.3 is 0 Å². The molecule has 0 aliphatic heterocycles. The third-order valence-electron chi connectivity index (χ3n) is 4.74. The molecule has 1 saturated carbocycles. The van der Waals surface area contributed by atoms with Crippen molar-refractivity contribution < 1.29 is 4.79 Å². The van der Waals surface area contributed by atoms with E-state index in [-0.39, 0.29) is 4.32 Å². The van der Waals surface area contributed by atoms with Crippen LogP contribution in [-0.4, -0.2) is 10.1 Å². The molecule has 0 radical (unpaired) electrons. The maximum absolute atomic E-state index is 12.2. The van der Waals surface area contributed by atoms with Gasteiger partial charge in [-0.25, -0.2) is 0 Å². The maximum atomic E-state index is 12.2. The van der Waals surface area contributed by atoms with Crippen LogP contribution in [0.25, 0.3) is 0 Å². The van der Waals surface area contributed by atoms with Crippen molar-refractivity contribution in [1.29, 1.82) is 0 Å². The second-order valence-electron chi connectivity index (χ2n) is 5.67. The van der Waals surface area contributed by atoms with Gasteiger partial charge in [-0.15, -0.1) is 0 Å². The van der Waals surface area contributed by atoms with E-state index in [0.29, 0.717) is 11.7 Å². The summed E-state index contributed by atoms with van der Waals surface area (Å²) in [5.74, 6) is 1.06. The third-order valence-corrected chi connectivity index (χ3v) is 6.11. The molecule has 3 aliphatic rings. The number of fused-ring (bicyclic) bond motifs is 1. The van der Waals surface area contributed by atoms with Crippen molar-refractivity contribution in [3.8, 4) is 0 Å². The minimum Gasteiger partial charge on any atom is -0.298 e.